The van der Waals surface area contributed by atoms with E-state index in [-0.39, 0.29) is 54.2 Å². The lowest BCUT2D eigenvalue weighted by molar-refractivity contribution is -0.160. The average Bonchev–Trinajstić information content (AvgIpc) is 2.94. The van der Waals surface area contributed by atoms with E-state index < -0.39 is 5.60 Å². The van der Waals surface area contributed by atoms with E-state index in [0.717, 1.165) is 12.7 Å². The highest BCUT2D eigenvalue weighted by Crippen LogP contribution is 2.56. The second-order valence-electron chi connectivity index (χ2n) is 9.07. The quantitative estimate of drug-likeness (QED) is 0.407. The zero-order chi connectivity index (χ0) is 20.6. The highest BCUT2D eigenvalue weighted by Gasteiger charge is 2.62. The molecule has 0 aromatic heterocycles. The minimum absolute atomic E-state index is 0.0527. The topological polar surface area (TPSA) is 78.9 Å². The summed E-state index contributed by atoms with van der Waals surface area (Å²) in [7, 11) is 0. The van der Waals surface area contributed by atoms with Crippen LogP contribution in [-0.4, -0.2) is 48.6 Å². The smallest absolute Gasteiger partial charge is 0.302 e. The monoisotopic (exact) mass is 392 g/mol. The third kappa shape index (κ3) is 3.81. The van der Waals surface area contributed by atoms with Gasteiger partial charge < -0.3 is 14.2 Å². The van der Waals surface area contributed by atoms with Gasteiger partial charge in [-0.3, -0.25) is 14.4 Å². The van der Waals surface area contributed by atoms with Crippen LogP contribution in [0.25, 0.3) is 0 Å². The summed E-state index contributed by atoms with van der Waals surface area (Å²) in [5.41, 5.74) is -0.764. The number of allylic oxidation sites excluding steroid dienone is 1. The van der Waals surface area contributed by atoms with E-state index in [1.165, 1.54) is 13.0 Å². The van der Waals surface area contributed by atoms with Gasteiger partial charge in [-0.25, -0.2) is 0 Å². The van der Waals surface area contributed by atoms with Crippen LogP contribution in [0.4, 0.5) is 0 Å². The van der Waals surface area contributed by atoms with Gasteiger partial charge in [0.2, 0.25) is 0 Å². The normalized spacial score (nSPS) is 45.3. The molecule has 1 unspecified atom stereocenters. The van der Waals surface area contributed by atoms with Crippen LogP contribution >= 0.6 is 0 Å². The molecule has 0 bridgehead atoms. The van der Waals surface area contributed by atoms with Crippen LogP contribution in [0.1, 0.15) is 47.5 Å². The number of hydrogen-bond donors (Lipinski definition) is 0. The third-order valence-corrected chi connectivity index (χ3v) is 6.87. The largest absolute Gasteiger partial charge is 0.462 e. The molecule has 9 atom stereocenters. The number of Topliss-reactive ketones (excluding diaryl/α,β-unsaturated/α-hetero) is 1. The van der Waals surface area contributed by atoms with Crippen molar-refractivity contribution < 1.29 is 28.6 Å². The van der Waals surface area contributed by atoms with Crippen molar-refractivity contribution in [1.82, 2.24) is 0 Å². The maximum Gasteiger partial charge on any atom is 0.302 e. The van der Waals surface area contributed by atoms with Gasteiger partial charge in [0.05, 0.1) is 18.8 Å². The highest BCUT2D eigenvalue weighted by atomic mass is 16.6. The maximum absolute atomic E-state index is 12.0. The molecule has 3 aliphatic rings. The lowest BCUT2D eigenvalue weighted by Crippen LogP contribution is -2.51. The molecule has 2 heterocycles. The first-order valence-electron chi connectivity index (χ1n) is 10.3. The minimum Gasteiger partial charge on any atom is -0.462 e. The van der Waals surface area contributed by atoms with Crippen molar-refractivity contribution in [3.8, 4) is 0 Å². The molecular weight excluding hydrogens is 360 g/mol. The van der Waals surface area contributed by atoms with Crippen molar-refractivity contribution in [3.05, 3.63) is 12.2 Å². The van der Waals surface area contributed by atoms with E-state index in [0.29, 0.717) is 18.4 Å². The van der Waals surface area contributed by atoms with Crippen molar-refractivity contribution in [3.63, 3.8) is 0 Å². The Labute approximate surface area is 167 Å². The molecule has 0 amide bonds. The number of ether oxygens (including phenoxy) is 3. The van der Waals surface area contributed by atoms with Gasteiger partial charge in [0.25, 0.3) is 0 Å². The molecule has 0 spiro atoms. The maximum atomic E-state index is 12.0. The van der Waals surface area contributed by atoms with Crippen molar-refractivity contribution in [1.29, 1.82) is 0 Å². The van der Waals surface area contributed by atoms with Crippen LogP contribution in [-0.2, 0) is 28.6 Å². The van der Waals surface area contributed by atoms with Crippen LogP contribution in [0.15, 0.2) is 12.2 Å². The Morgan fingerprint density at radius 2 is 1.89 bits per heavy atom. The minimum atomic E-state index is -0.764. The van der Waals surface area contributed by atoms with E-state index in [1.54, 1.807) is 13.0 Å². The van der Waals surface area contributed by atoms with E-state index in [2.05, 4.69) is 13.8 Å². The molecule has 3 fully saturated rings. The molecule has 0 radical (unpaired) electrons. The first kappa shape index (κ1) is 21.2. The molecule has 1 saturated carbocycles. The van der Waals surface area contributed by atoms with Gasteiger partial charge in [0.15, 0.2) is 0 Å². The van der Waals surface area contributed by atoms with Crippen molar-refractivity contribution in [2.45, 2.75) is 71.4 Å². The second kappa shape index (κ2) is 8.07. The second-order valence-corrected chi connectivity index (χ2v) is 9.07. The SMILES string of the molecule is CC(=O)C[C@@H]1O[C@H]2[C@H]3C(C[C@@H](C)[C@@H](OC(C)=O)[C@H]31)[C@@H](C)CO[C@@]2(C)/C=C/C=O. The number of carbonyl (C=O) groups is 3. The molecule has 28 heavy (non-hydrogen) atoms. The van der Waals surface area contributed by atoms with Gasteiger partial charge in [-0.2, -0.15) is 0 Å². The van der Waals surface area contributed by atoms with E-state index >= 15 is 0 Å². The first-order chi connectivity index (χ1) is 13.2. The summed E-state index contributed by atoms with van der Waals surface area (Å²) in [4.78, 5) is 34.7. The fourth-order valence-corrected chi connectivity index (χ4v) is 5.73. The van der Waals surface area contributed by atoms with Crippen LogP contribution in [0.2, 0.25) is 0 Å². The van der Waals surface area contributed by atoms with Gasteiger partial charge in [0.1, 0.15) is 23.8 Å². The molecule has 156 valence electrons. The Balaban J connectivity index is 2.06. The van der Waals surface area contributed by atoms with E-state index in [4.69, 9.17) is 14.2 Å². The van der Waals surface area contributed by atoms with Crippen molar-refractivity contribution in [2.24, 2.45) is 29.6 Å². The van der Waals surface area contributed by atoms with Gasteiger partial charge >= 0.3 is 5.97 Å². The predicted molar refractivity (Wildman–Crippen MR) is 102 cm³/mol. The molecule has 2 saturated heterocycles. The zero-order valence-corrected chi connectivity index (χ0v) is 17.4. The summed E-state index contributed by atoms with van der Waals surface area (Å²) in [5, 5.41) is 0. The standard InChI is InChI=1S/C22H32O6/c1-12-9-16-13(2)11-26-22(5,7-6-8-23)21-18(16)19(20(12)27-15(4)25)17(28-21)10-14(3)24/h6-8,12-13,16-21H,9-11H2,1-5H3/b7-6+/t12-,13+,16?,17+,18+,19+,20-,21+,22+/m1/s1. The molecule has 1 aliphatic carbocycles. The Morgan fingerprint density at radius 1 is 1.18 bits per heavy atom. The molecular formula is C22H32O6. The third-order valence-electron chi connectivity index (χ3n) is 6.87. The fraction of sp³-hybridized carbons (Fsp3) is 0.773. The summed E-state index contributed by atoms with van der Waals surface area (Å²) in [6.45, 7) is 9.82. The molecule has 3 rings (SSSR count). The number of esters is 1. The molecule has 2 aliphatic heterocycles. The average molecular weight is 392 g/mol. The lowest BCUT2D eigenvalue weighted by Gasteiger charge is -2.46. The zero-order valence-electron chi connectivity index (χ0n) is 17.4. The van der Waals surface area contributed by atoms with E-state index in [1.807, 2.05) is 6.92 Å². The van der Waals surface area contributed by atoms with Crippen molar-refractivity contribution in [2.75, 3.05) is 6.61 Å². The molecule has 0 aromatic rings. The molecule has 0 N–H and O–H groups in total. The van der Waals surface area contributed by atoms with E-state index in [9.17, 15) is 14.4 Å². The summed E-state index contributed by atoms with van der Waals surface area (Å²) in [5.74, 6) is 0.633. The number of carbonyl (C=O) groups excluding carboxylic acids is 3. The van der Waals surface area contributed by atoms with Crippen LogP contribution in [0, 0.1) is 29.6 Å². The van der Waals surface area contributed by atoms with Gasteiger partial charge in [-0.15, -0.1) is 0 Å². The van der Waals surface area contributed by atoms with Gasteiger partial charge in [-0.1, -0.05) is 13.8 Å². The number of rotatable bonds is 5. The fourth-order valence-electron chi connectivity index (χ4n) is 5.73. The summed E-state index contributed by atoms with van der Waals surface area (Å²) < 4.78 is 18.5. The summed E-state index contributed by atoms with van der Waals surface area (Å²) >= 11 is 0. The lowest BCUT2D eigenvalue weighted by atomic mass is 9.60. The number of aldehydes is 1. The number of hydrogen-bond acceptors (Lipinski definition) is 6. The first-order valence-corrected chi connectivity index (χ1v) is 10.3. The Kier molecular flexibility index (Phi) is 6.11. The van der Waals surface area contributed by atoms with Gasteiger partial charge in [0, 0.05) is 25.2 Å². The summed E-state index contributed by atoms with van der Waals surface area (Å²) in [6, 6.07) is 0. The van der Waals surface area contributed by atoms with Gasteiger partial charge in [-0.05, 0) is 50.2 Å². The van der Waals surface area contributed by atoms with Crippen LogP contribution in [0.3, 0.4) is 0 Å². The Bertz CT molecular complexity index is 657. The number of ketones is 1. The molecule has 6 heteroatoms. The summed E-state index contributed by atoms with van der Waals surface area (Å²) in [6.07, 6.45) is 4.28. The highest BCUT2D eigenvalue weighted by molar-refractivity contribution is 5.76. The molecule has 6 nitrogen and oxygen atoms in total. The predicted octanol–water partition coefficient (Wildman–Crippen LogP) is 2.73. The Hall–Kier alpha value is -1.53. The van der Waals surface area contributed by atoms with Crippen LogP contribution in [0.5, 0.6) is 0 Å². The Morgan fingerprint density at radius 3 is 2.50 bits per heavy atom. The van der Waals surface area contributed by atoms with Crippen LogP contribution < -0.4 is 0 Å². The van der Waals surface area contributed by atoms with Crippen molar-refractivity contribution >= 4 is 18.0 Å². The molecule has 0 aromatic carbocycles.